The minimum atomic E-state index is -2.31. The van der Waals surface area contributed by atoms with Crippen molar-refractivity contribution in [2.75, 3.05) is 5.32 Å². The number of halogens is 2. The van der Waals surface area contributed by atoms with E-state index in [1.807, 2.05) is 12.1 Å². The molecular weight excluding hydrogens is 310 g/mol. The highest BCUT2D eigenvalue weighted by Crippen LogP contribution is 2.26. The van der Waals surface area contributed by atoms with E-state index in [2.05, 4.69) is 33.6 Å². The van der Waals surface area contributed by atoms with Crippen molar-refractivity contribution in [1.82, 2.24) is 15.3 Å². The number of rotatable bonds is 5. The van der Waals surface area contributed by atoms with E-state index in [1.54, 1.807) is 13.3 Å². The minimum absolute atomic E-state index is 0.177. The summed E-state index contributed by atoms with van der Waals surface area (Å²) in [5, 5.41) is 7.59. The number of nitrogens with one attached hydrogen (secondary N) is 2. The van der Waals surface area contributed by atoms with Crippen molar-refractivity contribution < 1.29 is 8.78 Å². The first-order chi connectivity index (χ1) is 11.5. The van der Waals surface area contributed by atoms with Crippen molar-refractivity contribution in [3.05, 3.63) is 30.1 Å². The molecule has 0 saturated heterocycles. The van der Waals surface area contributed by atoms with E-state index in [0.717, 1.165) is 42.4 Å². The van der Waals surface area contributed by atoms with Gasteiger partial charge in [-0.2, -0.15) is 0 Å². The molecule has 24 heavy (non-hydrogen) atoms. The predicted molar refractivity (Wildman–Crippen MR) is 92.5 cm³/mol. The third-order valence-corrected chi connectivity index (χ3v) is 4.74. The number of aryl methyl sites for hydroxylation is 1. The fourth-order valence-electron chi connectivity index (χ4n) is 3.33. The lowest BCUT2D eigenvalue weighted by Crippen LogP contribution is -2.44. The predicted octanol–water partition coefficient (Wildman–Crippen LogP) is 3.90. The Kier molecular flexibility index (Phi) is 5.23. The van der Waals surface area contributed by atoms with Gasteiger partial charge in [0.1, 0.15) is 12.1 Å². The molecule has 1 aliphatic carbocycles. The number of nitrogens with zero attached hydrogens (tertiary/aromatic N) is 2. The Morgan fingerprint density at radius 1 is 1.08 bits per heavy atom. The molecule has 0 aliphatic heterocycles. The molecule has 0 spiro atoms. The van der Waals surface area contributed by atoms with E-state index in [0.29, 0.717) is 6.04 Å². The Bertz CT molecular complexity index is 684. The van der Waals surface area contributed by atoms with Crippen LogP contribution in [0.3, 0.4) is 0 Å². The highest BCUT2D eigenvalue weighted by molar-refractivity contribution is 5.89. The standard InChI is InChI=1S/C18H24F2N4/c1-11-3-8-16-15(9-11)18(22-10-21-16)24-14-6-4-13(5-7-14)23-12(2)17(19)20/h3,8-10,12-14,17,23H,4-7H2,1-2H3,(H,21,22,24)/t12?,13-,14-. The van der Waals surface area contributed by atoms with Gasteiger partial charge in [0.2, 0.25) is 0 Å². The monoisotopic (exact) mass is 334 g/mol. The van der Waals surface area contributed by atoms with E-state index in [1.165, 1.54) is 5.56 Å². The minimum Gasteiger partial charge on any atom is -0.367 e. The summed E-state index contributed by atoms with van der Waals surface area (Å²) >= 11 is 0. The first kappa shape index (κ1) is 17.0. The first-order valence-electron chi connectivity index (χ1n) is 8.55. The number of benzene rings is 1. The molecule has 1 atom stereocenters. The van der Waals surface area contributed by atoms with Crippen molar-refractivity contribution in [3.63, 3.8) is 0 Å². The van der Waals surface area contributed by atoms with Crippen LogP contribution in [0.4, 0.5) is 14.6 Å². The number of alkyl halides is 2. The van der Waals surface area contributed by atoms with Crippen molar-refractivity contribution in [3.8, 4) is 0 Å². The summed E-state index contributed by atoms with van der Waals surface area (Å²) in [7, 11) is 0. The second kappa shape index (κ2) is 7.38. The Balaban J connectivity index is 1.61. The lowest BCUT2D eigenvalue weighted by atomic mass is 9.90. The molecule has 0 radical (unpaired) electrons. The van der Waals surface area contributed by atoms with Gasteiger partial charge in [0.15, 0.2) is 0 Å². The smallest absolute Gasteiger partial charge is 0.253 e. The Hall–Kier alpha value is -1.82. The summed E-state index contributed by atoms with van der Waals surface area (Å²) in [6.45, 7) is 3.60. The zero-order chi connectivity index (χ0) is 17.1. The van der Waals surface area contributed by atoms with E-state index in [9.17, 15) is 8.78 Å². The lowest BCUT2D eigenvalue weighted by molar-refractivity contribution is 0.0960. The van der Waals surface area contributed by atoms with Crippen molar-refractivity contribution in [2.45, 2.75) is 64.1 Å². The summed E-state index contributed by atoms with van der Waals surface area (Å²) in [5.41, 5.74) is 2.11. The SMILES string of the molecule is Cc1ccc2ncnc(N[C@H]3CC[C@H](NC(C)C(F)F)CC3)c2c1. The average molecular weight is 334 g/mol. The van der Waals surface area contributed by atoms with Gasteiger partial charge in [-0.1, -0.05) is 11.6 Å². The molecule has 6 heteroatoms. The molecule has 1 heterocycles. The quantitative estimate of drug-likeness (QED) is 0.870. The van der Waals surface area contributed by atoms with Crippen LogP contribution < -0.4 is 10.6 Å². The third-order valence-electron chi connectivity index (χ3n) is 4.74. The van der Waals surface area contributed by atoms with Crippen LogP contribution in [0.5, 0.6) is 0 Å². The normalized spacial score (nSPS) is 22.7. The van der Waals surface area contributed by atoms with Gasteiger partial charge >= 0.3 is 0 Å². The summed E-state index contributed by atoms with van der Waals surface area (Å²) in [5.74, 6) is 0.862. The van der Waals surface area contributed by atoms with Gasteiger partial charge in [-0.05, 0) is 51.7 Å². The number of hydrogen-bond acceptors (Lipinski definition) is 4. The summed E-state index contributed by atoms with van der Waals surface area (Å²) in [4.78, 5) is 8.70. The van der Waals surface area contributed by atoms with Gasteiger partial charge < -0.3 is 10.6 Å². The van der Waals surface area contributed by atoms with Crippen LogP contribution in [0, 0.1) is 6.92 Å². The fourth-order valence-corrected chi connectivity index (χ4v) is 3.33. The largest absolute Gasteiger partial charge is 0.367 e. The topological polar surface area (TPSA) is 49.8 Å². The van der Waals surface area contributed by atoms with Crippen molar-refractivity contribution in [1.29, 1.82) is 0 Å². The molecule has 4 nitrogen and oxygen atoms in total. The number of fused-ring (bicyclic) bond motifs is 1. The molecule has 1 saturated carbocycles. The number of hydrogen-bond donors (Lipinski definition) is 2. The molecule has 0 bridgehead atoms. The molecule has 1 unspecified atom stereocenters. The van der Waals surface area contributed by atoms with E-state index >= 15 is 0 Å². The molecule has 1 aromatic carbocycles. The molecule has 2 aromatic rings. The molecule has 130 valence electrons. The van der Waals surface area contributed by atoms with Gasteiger partial charge in [-0.3, -0.25) is 0 Å². The van der Waals surface area contributed by atoms with Crippen LogP contribution in [-0.2, 0) is 0 Å². The second-order valence-electron chi connectivity index (χ2n) is 6.73. The molecule has 1 aromatic heterocycles. The van der Waals surface area contributed by atoms with Crippen LogP contribution in [0.15, 0.2) is 24.5 Å². The molecule has 2 N–H and O–H groups in total. The van der Waals surface area contributed by atoms with E-state index in [-0.39, 0.29) is 6.04 Å². The number of aromatic nitrogens is 2. The molecular formula is C18H24F2N4. The summed E-state index contributed by atoms with van der Waals surface area (Å²) < 4.78 is 25.3. The molecule has 1 aliphatic rings. The summed E-state index contributed by atoms with van der Waals surface area (Å²) in [6.07, 6.45) is 2.97. The highest BCUT2D eigenvalue weighted by Gasteiger charge is 2.25. The maximum absolute atomic E-state index is 12.6. The lowest BCUT2D eigenvalue weighted by Gasteiger charge is -2.32. The van der Waals surface area contributed by atoms with Crippen LogP contribution in [0.25, 0.3) is 10.9 Å². The summed E-state index contributed by atoms with van der Waals surface area (Å²) in [6, 6.07) is 5.90. The van der Waals surface area contributed by atoms with Gasteiger partial charge in [0.05, 0.1) is 11.6 Å². The van der Waals surface area contributed by atoms with Gasteiger partial charge in [-0.15, -0.1) is 0 Å². The van der Waals surface area contributed by atoms with Gasteiger partial charge in [0.25, 0.3) is 6.43 Å². The molecule has 0 amide bonds. The zero-order valence-corrected chi connectivity index (χ0v) is 14.1. The third kappa shape index (κ3) is 3.98. The Labute approximate surface area is 141 Å². The van der Waals surface area contributed by atoms with Gasteiger partial charge in [0, 0.05) is 17.5 Å². The second-order valence-corrected chi connectivity index (χ2v) is 6.73. The van der Waals surface area contributed by atoms with Crippen LogP contribution in [0.2, 0.25) is 0 Å². The molecule has 3 rings (SSSR count). The van der Waals surface area contributed by atoms with E-state index in [4.69, 9.17) is 0 Å². The van der Waals surface area contributed by atoms with Crippen molar-refractivity contribution >= 4 is 16.7 Å². The number of anilines is 1. The van der Waals surface area contributed by atoms with Crippen LogP contribution in [-0.4, -0.2) is 34.5 Å². The van der Waals surface area contributed by atoms with Gasteiger partial charge in [-0.25, -0.2) is 18.7 Å². The fraction of sp³-hybridized carbons (Fsp3) is 0.556. The van der Waals surface area contributed by atoms with E-state index < -0.39 is 12.5 Å². The maximum atomic E-state index is 12.6. The van der Waals surface area contributed by atoms with Crippen molar-refractivity contribution in [2.24, 2.45) is 0 Å². The maximum Gasteiger partial charge on any atom is 0.253 e. The Morgan fingerprint density at radius 3 is 2.50 bits per heavy atom. The average Bonchev–Trinajstić information content (AvgIpc) is 2.57. The van der Waals surface area contributed by atoms with Crippen LogP contribution in [0.1, 0.15) is 38.2 Å². The molecule has 1 fully saturated rings. The Morgan fingerprint density at radius 2 is 1.79 bits per heavy atom. The first-order valence-corrected chi connectivity index (χ1v) is 8.55. The van der Waals surface area contributed by atoms with Crippen LogP contribution >= 0.6 is 0 Å². The zero-order valence-electron chi connectivity index (χ0n) is 14.1. The highest BCUT2D eigenvalue weighted by atomic mass is 19.3.